The van der Waals surface area contributed by atoms with Gasteiger partial charge in [0.25, 0.3) is 0 Å². The highest BCUT2D eigenvalue weighted by atomic mass is 16.5. The number of nitrogens with one attached hydrogen (secondary N) is 1. The van der Waals surface area contributed by atoms with E-state index in [0.717, 1.165) is 32.2 Å². The maximum atomic E-state index is 5.60. The third-order valence-corrected chi connectivity index (χ3v) is 4.05. The zero-order valence-electron chi connectivity index (χ0n) is 11.8. The monoisotopic (exact) mass is 243 g/mol. The van der Waals surface area contributed by atoms with Crippen molar-refractivity contribution in [2.24, 2.45) is 5.41 Å². The molecule has 0 aromatic heterocycles. The van der Waals surface area contributed by atoms with Crippen molar-refractivity contribution < 1.29 is 9.47 Å². The van der Waals surface area contributed by atoms with E-state index in [1.807, 2.05) is 0 Å². The van der Waals surface area contributed by atoms with Gasteiger partial charge < -0.3 is 14.8 Å². The maximum absolute atomic E-state index is 5.60. The van der Waals surface area contributed by atoms with Gasteiger partial charge in [0.05, 0.1) is 13.2 Å². The molecule has 1 rings (SSSR count). The quantitative estimate of drug-likeness (QED) is 0.566. The smallest absolute Gasteiger partial charge is 0.0700 e. The fourth-order valence-electron chi connectivity index (χ4n) is 2.12. The molecule has 0 bridgehead atoms. The van der Waals surface area contributed by atoms with Gasteiger partial charge in [0.15, 0.2) is 0 Å². The lowest BCUT2D eigenvalue weighted by molar-refractivity contribution is 0.0485. The highest BCUT2D eigenvalue weighted by Gasteiger charge is 2.29. The average Bonchev–Trinajstić information content (AvgIpc) is 3.17. The highest BCUT2D eigenvalue weighted by molar-refractivity contribution is 4.86. The second-order valence-corrected chi connectivity index (χ2v) is 5.22. The molecule has 3 heteroatoms. The summed E-state index contributed by atoms with van der Waals surface area (Å²) in [7, 11) is 1.71. The summed E-state index contributed by atoms with van der Waals surface area (Å²) in [5.41, 5.74) is 0.426. The van der Waals surface area contributed by atoms with Gasteiger partial charge in [-0.05, 0) is 37.5 Å². The summed E-state index contributed by atoms with van der Waals surface area (Å²) in [4.78, 5) is 0. The SMILES string of the molecule is CCC(CC)(CCOCCOC)CNC1CC1. The van der Waals surface area contributed by atoms with Gasteiger partial charge in [0, 0.05) is 26.3 Å². The van der Waals surface area contributed by atoms with E-state index in [0.29, 0.717) is 12.0 Å². The molecule has 1 N–H and O–H groups in total. The molecular formula is C14H29NO2. The number of methoxy groups -OCH3 is 1. The fourth-order valence-corrected chi connectivity index (χ4v) is 2.12. The third kappa shape index (κ3) is 5.84. The van der Waals surface area contributed by atoms with Crippen molar-refractivity contribution in [1.82, 2.24) is 5.32 Å². The number of hydrogen-bond donors (Lipinski definition) is 1. The van der Waals surface area contributed by atoms with Crippen molar-refractivity contribution in [2.75, 3.05) is 33.5 Å². The van der Waals surface area contributed by atoms with Crippen LogP contribution in [0.4, 0.5) is 0 Å². The standard InChI is InChI=1S/C14H29NO2/c1-4-14(5-2,12-15-13-6-7-13)8-9-17-11-10-16-3/h13,15H,4-12H2,1-3H3. The first-order chi connectivity index (χ1) is 8.26. The van der Waals surface area contributed by atoms with Gasteiger partial charge in [0.2, 0.25) is 0 Å². The van der Waals surface area contributed by atoms with Crippen LogP contribution in [0, 0.1) is 5.41 Å². The Hall–Kier alpha value is -0.120. The van der Waals surface area contributed by atoms with Crippen molar-refractivity contribution in [2.45, 2.75) is 52.0 Å². The summed E-state index contributed by atoms with van der Waals surface area (Å²) < 4.78 is 10.6. The molecule has 0 radical (unpaired) electrons. The number of rotatable bonds is 11. The second-order valence-electron chi connectivity index (χ2n) is 5.22. The molecule has 17 heavy (non-hydrogen) atoms. The van der Waals surface area contributed by atoms with E-state index >= 15 is 0 Å². The van der Waals surface area contributed by atoms with Crippen LogP contribution >= 0.6 is 0 Å². The van der Waals surface area contributed by atoms with Gasteiger partial charge in [-0.3, -0.25) is 0 Å². The summed E-state index contributed by atoms with van der Waals surface area (Å²) >= 11 is 0. The second kappa shape index (κ2) is 8.06. The first-order valence-corrected chi connectivity index (χ1v) is 7.06. The fraction of sp³-hybridized carbons (Fsp3) is 1.00. The van der Waals surface area contributed by atoms with Gasteiger partial charge >= 0.3 is 0 Å². The maximum Gasteiger partial charge on any atom is 0.0700 e. The van der Waals surface area contributed by atoms with E-state index in [1.54, 1.807) is 7.11 Å². The minimum Gasteiger partial charge on any atom is -0.382 e. The zero-order chi connectivity index (χ0) is 12.6. The Morgan fingerprint density at radius 2 is 1.82 bits per heavy atom. The Morgan fingerprint density at radius 3 is 2.35 bits per heavy atom. The van der Waals surface area contributed by atoms with Gasteiger partial charge in [-0.1, -0.05) is 13.8 Å². The lowest BCUT2D eigenvalue weighted by atomic mass is 9.79. The molecule has 0 spiro atoms. The van der Waals surface area contributed by atoms with Gasteiger partial charge in [0.1, 0.15) is 0 Å². The van der Waals surface area contributed by atoms with E-state index in [-0.39, 0.29) is 0 Å². The molecule has 0 aromatic rings. The molecule has 0 saturated heterocycles. The summed E-state index contributed by atoms with van der Waals surface area (Å²) in [6.45, 7) is 8.03. The minimum absolute atomic E-state index is 0.426. The van der Waals surface area contributed by atoms with Gasteiger partial charge in [-0.25, -0.2) is 0 Å². The van der Waals surface area contributed by atoms with Crippen molar-refractivity contribution >= 4 is 0 Å². The van der Waals surface area contributed by atoms with Crippen LogP contribution in [0.3, 0.4) is 0 Å². The van der Waals surface area contributed by atoms with Crippen LogP contribution in [0.2, 0.25) is 0 Å². The van der Waals surface area contributed by atoms with Crippen LogP contribution in [-0.4, -0.2) is 39.5 Å². The Kier molecular flexibility index (Phi) is 7.09. The summed E-state index contributed by atoms with van der Waals surface area (Å²) in [6, 6.07) is 0.807. The Balaban J connectivity index is 2.19. The molecular weight excluding hydrogens is 214 g/mol. The molecule has 1 fully saturated rings. The van der Waals surface area contributed by atoms with Crippen LogP contribution in [0.15, 0.2) is 0 Å². The van der Waals surface area contributed by atoms with Crippen LogP contribution in [0.5, 0.6) is 0 Å². The average molecular weight is 243 g/mol. The summed E-state index contributed by atoms with van der Waals surface area (Å²) in [5.74, 6) is 0. The van der Waals surface area contributed by atoms with E-state index < -0.39 is 0 Å². The molecule has 3 nitrogen and oxygen atoms in total. The first kappa shape index (κ1) is 14.9. The van der Waals surface area contributed by atoms with Crippen molar-refractivity contribution in [1.29, 1.82) is 0 Å². The van der Waals surface area contributed by atoms with Crippen molar-refractivity contribution in [3.63, 3.8) is 0 Å². The zero-order valence-corrected chi connectivity index (χ0v) is 11.8. The third-order valence-electron chi connectivity index (χ3n) is 4.05. The van der Waals surface area contributed by atoms with Crippen molar-refractivity contribution in [3.8, 4) is 0 Å². The van der Waals surface area contributed by atoms with Crippen LogP contribution in [-0.2, 0) is 9.47 Å². The van der Waals surface area contributed by atoms with Crippen LogP contribution < -0.4 is 5.32 Å². The Bertz CT molecular complexity index is 189. The van der Waals surface area contributed by atoms with E-state index in [2.05, 4.69) is 19.2 Å². The molecule has 102 valence electrons. The lowest BCUT2D eigenvalue weighted by Crippen LogP contribution is -2.35. The normalized spacial score (nSPS) is 16.4. The van der Waals surface area contributed by atoms with E-state index in [1.165, 1.54) is 25.7 Å². The topological polar surface area (TPSA) is 30.5 Å². The molecule has 1 aliphatic carbocycles. The first-order valence-electron chi connectivity index (χ1n) is 7.06. The molecule has 0 aliphatic heterocycles. The molecule has 0 atom stereocenters. The number of ether oxygens (including phenoxy) is 2. The molecule has 0 amide bonds. The van der Waals surface area contributed by atoms with Crippen LogP contribution in [0.25, 0.3) is 0 Å². The summed E-state index contributed by atoms with van der Waals surface area (Å²) in [5, 5.41) is 3.67. The van der Waals surface area contributed by atoms with Crippen LogP contribution in [0.1, 0.15) is 46.0 Å². The van der Waals surface area contributed by atoms with Gasteiger partial charge in [-0.15, -0.1) is 0 Å². The van der Waals surface area contributed by atoms with E-state index in [9.17, 15) is 0 Å². The van der Waals surface area contributed by atoms with Crippen molar-refractivity contribution in [3.05, 3.63) is 0 Å². The highest BCUT2D eigenvalue weighted by Crippen LogP contribution is 2.31. The van der Waals surface area contributed by atoms with Gasteiger partial charge in [-0.2, -0.15) is 0 Å². The predicted molar refractivity (Wildman–Crippen MR) is 71.4 cm³/mol. The summed E-state index contributed by atoms with van der Waals surface area (Å²) in [6.07, 6.45) is 6.36. The molecule has 1 aliphatic rings. The lowest BCUT2D eigenvalue weighted by Gasteiger charge is -2.32. The minimum atomic E-state index is 0.426. The molecule has 1 saturated carbocycles. The Morgan fingerprint density at radius 1 is 1.12 bits per heavy atom. The largest absolute Gasteiger partial charge is 0.382 e. The molecule has 0 heterocycles. The number of hydrogen-bond acceptors (Lipinski definition) is 3. The molecule has 0 aromatic carbocycles. The predicted octanol–water partition coefficient (Wildman–Crippen LogP) is 2.60. The Labute approximate surface area is 106 Å². The van der Waals surface area contributed by atoms with E-state index in [4.69, 9.17) is 9.47 Å². The molecule has 0 unspecified atom stereocenters.